The Kier molecular flexibility index (Phi) is 4.02. The zero-order valence-corrected chi connectivity index (χ0v) is 10.7. The topological polar surface area (TPSA) is 41.1 Å². The van der Waals surface area contributed by atoms with Crippen molar-refractivity contribution >= 4 is 17.5 Å². The first-order valence-electron chi connectivity index (χ1n) is 5.99. The average molecular weight is 253 g/mol. The first kappa shape index (κ1) is 12.4. The largest absolute Gasteiger partial charge is 0.355 e. The highest BCUT2D eigenvalue weighted by Gasteiger charge is 2.22. The fraction of sp³-hybridized carbons (Fsp3) is 0.462. The molecule has 0 saturated heterocycles. The van der Waals surface area contributed by atoms with E-state index in [-0.39, 0.29) is 11.9 Å². The van der Waals surface area contributed by atoms with Crippen molar-refractivity contribution in [1.82, 2.24) is 10.6 Å². The average Bonchev–Trinajstić information content (AvgIpc) is 2.69. The number of hydrogen-bond donors (Lipinski definition) is 2. The maximum absolute atomic E-state index is 11.4. The van der Waals surface area contributed by atoms with Gasteiger partial charge in [0.2, 0.25) is 5.91 Å². The molecule has 0 radical (unpaired) electrons. The summed E-state index contributed by atoms with van der Waals surface area (Å²) in [6, 6.07) is 6.27. The Labute approximate surface area is 107 Å². The molecule has 17 heavy (non-hydrogen) atoms. The second kappa shape index (κ2) is 5.52. The maximum atomic E-state index is 11.4. The highest BCUT2D eigenvalue weighted by atomic mass is 35.5. The fourth-order valence-corrected chi connectivity index (χ4v) is 2.47. The summed E-state index contributed by atoms with van der Waals surface area (Å²) in [6.07, 6.45) is 2.07. The van der Waals surface area contributed by atoms with Crippen molar-refractivity contribution in [3.8, 4) is 0 Å². The number of carbonyl (C=O) groups is 1. The van der Waals surface area contributed by atoms with Crippen LogP contribution in [-0.2, 0) is 11.2 Å². The van der Waals surface area contributed by atoms with E-state index in [9.17, 15) is 4.79 Å². The minimum absolute atomic E-state index is 0.0508. The zero-order valence-electron chi connectivity index (χ0n) is 9.92. The van der Waals surface area contributed by atoms with E-state index in [1.54, 1.807) is 0 Å². The van der Waals surface area contributed by atoms with E-state index in [1.807, 2.05) is 19.1 Å². The van der Waals surface area contributed by atoms with Crippen LogP contribution in [0.2, 0.25) is 5.02 Å². The third-order valence-electron chi connectivity index (χ3n) is 3.07. The molecule has 0 aromatic heterocycles. The molecule has 1 unspecified atom stereocenters. The van der Waals surface area contributed by atoms with Gasteiger partial charge in [-0.05, 0) is 43.0 Å². The molecule has 2 rings (SSSR count). The van der Waals surface area contributed by atoms with Gasteiger partial charge in [-0.2, -0.15) is 0 Å². The van der Waals surface area contributed by atoms with Gasteiger partial charge >= 0.3 is 0 Å². The molecule has 1 amide bonds. The summed E-state index contributed by atoms with van der Waals surface area (Å²) in [7, 11) is 0. The van der Waals surface area contributed by atoms with Crippen LogP contribution in [0.4, 0.5) is 0 Å². The summed E-state index contributed by atoms with van der Waals surface area (Å²) < 4.78 is 0. The molecule has 0 heterocycles. The molecule has 2 N–H and O–H groups in total. The van der Waals surface area contributed by atoms with Crippen LogP contribution in [0.1, 0.15) is 30.5 Å². The molecule has 1 aromatic carbocycles. The summed E-state index contributed by atoms with van der Waals surface area (Å²) in [5, 5.41) is 6.85. The number of halogens is 1. The molecule has 0 fully saturated rings. The van der Waals surface area contributed by atoms with Crippen LogP contribution in [0.5, 0.6) is 0 Å². The van der Waals surface area contributed by atoms with Crippen molar-refractivity contribution in [2.24, 2.45) is 0 Å². The Hall–Kier alpha value is -1.06. The predicted molar refractivity (Wildman–Crippen MR) is 69.2 cm³/mol. The Balaban J connectivity index is 1.95. The molecule has 0 saturated carbocycles. The van der Waals surface area contributed by atoms with Crippen LogP contribution in [0, 0.1) is 0 Å². The summed E-state index contributed by atoms with van der Waals surface area (Å²) in [5.74, 6) is 0.0508. The quantitative estimate of drug-likeness (QED) is 0.861. The fourth-order valence-electron chi connectivity index (χ4n) is 2.27. The molecule has 0 aliphatic heterocycles. The molecule has 4 heteroatoms. The Morgan fingerprint density at radius 2 is 2.35 bits per heavy atom. The van der Waals surface area contributed by atoms with Crippen LogP contribution in [0.25, 0.3) is 0 Å². The maximum Gasteiger partial charge on any atom is 0.233 e. The Morgan fingerprint density at radius 1 is 1.53 bits per heavy atom. The Morgan fingerprint density at radius 3 is 3.12 bits per heavy atom. The SMILES string of the molecule is CCNC(=O)CNC1CCc2cc(Cl)ccc21. The summed E-state index contributed by atoms with van der Waals surface area (Å²) in [6.45, 7) is 2.97. The van der Waals surface area contributed by atoms with E-state index < -0.39 is 0 Å². The van der Waals surface area contributed by atoms with Gasteiger partial charge in [-0.3, -0.25) is 4.79 Å². The number of hydrogen-bond acceptors (Lipinski definition) is 2. The summed E-state index contributed by atoms with van der Waals surface area (Å²) >= 11 is 5.96. The van der Waals surface area contributed by atoms with Gasteiger partial charge in [0, 0.05) is 17.6 Å². The van der Waals surface area contributed by atoms with E-state index in [2.05, 4.69) is 16.7 Å². The van der Waals surface area contributed by atoms with Gasteiger partial charge in [-0.25, -0.2) is 0 Å². The number of likely N-dealkylation sites (N-methyl/N-ethyl adjacent to an activating group) is 1. The lowest BCUT2D eigenvalue weighted by Gasteiger charge is -2.13. The number of aryl methyl sites for hydroxylation is 1. The second-order valence-electron chi connectivity index (χ2n) is 4.27. The smallest absolute Gasteiger partial charge is 0.233 e. The van der Waals surface area contributed by atoms with Crippen LogP contribution in [0.3, 0.4) is 0 Å². The second-order valence-corrected chi connectivity index (χ2v) is 4.71. The van der Waals surface area contributed by atoms with Crippen LogP contribution >= 0.6 is 11.6 Å². The van der Waals surface area contributed by atoms with E-state index in [4.69, 9.17) is 11.6 Å². The number of nitrogens with one attached hydrogen (secondary N) is 2. The molecule has 92 valence electrons. The molecule has 1 atom stereocenters. The van der Waals surface area contributed by atoms with Crippen LogP contribution in [-0.4, -0.2) is 19.0 Å². The normalized spacial score (nSPS) is 17.9. The molecule has 1 aromatic rings. The highest BCUT2D eigenvalue weighted by molar-refractivity contribution is 6.30. The predicted octanol–water partition coefficient (Wildman–Crippen LogP) is 2.05. The zero-order chi connectivity index (χ0) is 12.3. The lowest BCUT2D eigenvalue weighted by Crippen LogP contribution is -2.35. The molecule has 1 aliphatic carbocycles. The lowest BCUT2D eigenvalue weighted by molar-refractivity contribution is -0.120. The van der Waals surface area contributed by atoms with Crippen molar-refractivity contribution in [3.05, 3.63) is 34.3 Å². The Bertz CT molecular complexity index is 420. The van der Waals surface area contributed by atoms with E-state index in [0.29, 0.717) is 13.1 Å². The van der Waals surface area contributed by atoms with Gasteiger partial charge in [0.05, 0.1) is 6.54 Å². The van der Waals surface area contributed by atoms with Gasteiger partial charge in [0.1, 0.15) is 0 Å². The van der Waals surface area contributed by atoms with Crippen molar-refractivity contribution in [2.45, 2.75) is 25.8 Å². The third-order valence-corrected chi connectivity index (χ3v) is 3.30. The van der Waals surface area contributed by atoms with Crippen LogP contribution < -0.4 is 10.6 Å². The molecule has 3 nitrogen and oxygen atoms in total. The molecule has 0 spiro atoms. The van der Waals surface area contributed by atoms with Crippen molar-refractivity contribution in [3.63, 3.8) is 0 Å². The molecular formula is C13H17ClN2O. The number of fused-ring (bicyclic) bond motifs is 1. The summed E-state index contributed by atoms with van der Waals surface area (Å²) in [4.78, 5) is 11.4. The first-order chi connectivity index (χ1) is 8.20. The highest BCUT2D eigenvalue weighted by Crippen LogP contribution is 2.32. The van der Waals surface area contributed by atoms with E-state index in [0.717, 1.165) is 17.9 Å². The third kappa shape index (κ3) is 2.99. The molecular weight excluding hydrogens is 236 g/mol. The molecule has 1 aliphatic rings. The van der Waals surface area contributed by atoms with Crippen LogP contribution in [0.15, 0.2) is 18.2 Å². The summed E-state index contributed by atoms with van der Waals surface area (Å²) in [5.41, 5.74) is 2.57. The standard InChI is InChI=1S/C13H17ClN2O/c1-2-15-13(17)8-16-12-6-3-9-7-10(14)4-5-11(9)12/h4-5,7,12,16H,2-3,6,8H2,1H3,(H,15,17). The lowest BCUT2D eigenvalue weighted by atomic mass is 10.1. The molecule has 0 bridgehead atoms. The van der Waals surface area contributed by atoms with Gasteiger partial charge in [-0.15, -0.1) is 0 Å². The van der Waals surface area contributed by atoms with Gasteiger partial charge in [0.25, 0.3) is 0 Å². The van der Waals surface area contributed by atoms with Crippen molar-refractivity contribution < 1.29 is 4.79 Å². The minimum atomic E-state index is 0.0508. The number of rotatable bonds is 4. The van der Waals surface area contributed by atoms with E-state index in [1.165, 1.54) is 11.1 Å². The minimum Gasteiger partial charge on any atom is -0.355 e. The van der Waals surface area contributed by atoms with Gasteiger partial charge < -0.3 is 10.6 Å². The van der Waals surface area contributed by atoms with Crippen molar-refractivity contribution in [2.75, 3.05) is 13.1 Å². The first-order valence-corrected chi connectivity index (χ1v) is 6.37. The number of amides is 1. The van der Waals surface area contributed by atoms with Gasteiger partial charge in [0.15, 0.2) is 0 Å². The number of carbonyl (C=O) groups excluding carboxylic acids is 1. The van der Waals surface area contributed by atoms with Crippen molar-refractivity contribution in [1.29, 1.82) is 0 Å². The number of benzene rings is 1. The van der Waals surface area contributed by atoms with Gasteiger partial charge in [-0.1, -0.05) is 17.7 Å². The van der Waals surface area contributed by atoms with E-state index >= 15 is 0 Å². The monoisotopic (exact) mass is 252 g/mol.